The van der Waals surface area contributed by atoms with E-state index in [1.54, 1.807) is 38.4 Å². The van der Waals surface area contributed by atoms with E-state index in [4.69, 9.17) is 32.7 Å². The van der Waals surface area contributed by atoms with Gasteiger partial charge in [-0.1, -0.05) is 23.2 Å². The van der Waals surface area contributed by atoms with Crippen molar-refractivity contribution in [1.82, 2.24) is 4.98 Å². The molecular formula is C19H16Cl2N2O3. The summed E-state index contributed by atoms with van der Waals surface area (Å²) in [5, 5.41) is 4.52. The number of ether oxygens (including phenoxy) is 2. The van der Waals surface area contributed by atoms with Gasteiger partial charge in [-0.05, 0) is 43.3 Å². The molecule has 7 heteroatoms. The van der Waals surface area contributed by atoms with Crippen LogP contribution in [0.25, 0.3) is 10.9 Å². The summed E-state index contributed by atoms with van der Waals surface area (Å²) in [6.45, 7) is 1.64. The quantitative estimate of drug-likeness (QED) is 0.668. The fourth-order valence-electron chi connectivity index (χ4n) is 2.36. The fraction of sp³-hybridized carbons (Fsp3) is 0.158. The number of rotatable bonds is 5. The summed E-state index contributed by atoms with van der Waals surface area (Å²) in [5.41, 5.74) is 1.35. The highest BCUT2D eigenvalue weighted by atomic mass is 35.5. The minimum atomic E-state index is -0.750. The lowest BCUT2D eigenvalue weighted by atomic mass is 10.2. The summed E-state index contributed by atoms with van der Waals surface area (Å²) in [7, 11) is 1.60. The minimum absolute atomic E-state index is 0.314. The van der Waals surface area contributed by atoms with Crippen LogP contribution in [0.2, 0.25) is 10.0 Å². The molecule has 1 amide bonds. The summed E-state index contributed by atoms with van der Waals surface area (Å²) >= 11 is 11.9. The van der Waals surface area contributed by atoms with Crippen LogP contribution in [-0.4, -0.2) is 24.1 Å². The topological polar surface area (TPSA) is 60.5 Å². The number of pyridine rings is 1. The fourth-order valence-corrected chi connectivity index (χ4v) is 2.81. The Morgan fingerprint density at radius 2 is 1.96 bits per heavy atom. The maximum atomic E-state index is 12.4. The molecule has 1 N–H and O–H groups in total. The second-order valence-electron chi connectivity index (χ2n) is 5.61. The number of aromatic nitrogens is 1. The predicted molar refractivity (Wildman–Crippen MR) is 103 cm³/mol. The van der Waals surface area contributed by atoms with Crippen molar-refractivity contribution in [3.63, 3.8) is 0 Å². The first-order valence-electron chi connectivity index (χ1n) is 7.82. The number of halogens is 2. The number of fused-ring (bicyclic) bond motifs is 1. The minimum Gasteiger partial charge on any atom is -0.497 e. The molecule has 134 valence electrons. The molecule has 0 saturated heterocycles. The van der Waals surface area contributed by atoms with Gasteiger partial charge in [0.1, 0.15) is 11.5 Å². The van der Waals surface area contributed by atoms with Crippen LogP contribution in [0.15, 0.2) is 48.7 Å². The first-order chi connectivity index (χ1) is 12.5. The average molecular weight is 391 g/mol. The maximum Gasteiger partial charge on any atom is 0.265 e. The van der Waals surface area contributed by atoms with E-state index in [1.165, 1.54) is 0 Å². The molecule has 0 spiro atoms. The van der Waals surface area contributed by atoms with Crippen molar-refractivity contribution < 1.29 is 14.3 Å². The van der Waals surface area contributed by atoms with Crippen LogP contribution in [-0.2, 0) is 4.79 Å². The average Bonchev–Trinajstić information content (AvgIpc) is 2.63. The van der Waals surface area contributed by atoms with Crippen LogP contribution < -0.4 is 14.8 Å². The summed E-state index contributed by atoms with van der Waals surface area (Å²) in [5.74, 6) is 0.803. The second kappa shape index (κ2) is 7.81. The van der Waals surface area contributed by atoms with E-state index in [0.29, 0.717) is 21.5 Å². The molecule has 0 radical (unpaired) electrons. The summed E-state index contributed by atoms with van der Waals surface area (Å²) < 4.78 is 10.8. The molecule has 0 bridgehead atoms. The molecule has 2 aromatic carbocycles. The Morgan fingerprint density at radius 3 is 2.69 bits per heavy atom. The number of methoxy groups -OCH3 is 1. The molecule has 26 heavy (non-hydrogen) atoms. The summed E-state index contributed by atoms with van der Waals surface area (Å²) in [6.07, 6.45) is 0.835. The number of hydrogen-bond donors (Lipinski definition) is 1. The van der Waals surface area contributed by atoms with E-state index in [9.17, 15) is 4.79 Å². The maximum absolute atomic E-state index is 12.4. The van der Waals surface area contributed by atoms with Crippen LogP contribution in [0.1, 0.15) is 6.92 Å². The Bertz CT molecular complexity index is 963. The van der Waals surface area contributed by atoms with Gasteiger partial charge in [-0.25, -0.2) is 0 Å². The predicted octanol–water partition coefficient (Wildman–Crippen LogP) is 4.96. The SMILES string of the molecule is COc1ccc2cc(NC(=O)C(C)Oc3ccc(Cl)cc3Cl)cnc2c1. The lowest BCUT2D eigenvalue weighted by Crippen LogP contribution is -2.30. The van der Waals surface area contributed by atoms with Gasteiger partial charge >= 0.3 is 0 Å². The van der Waals surface area contributed by atoms with Crippen LogP contribution in [0.5, 0.6) is 11.5 Å². The van der Waals surface area contributed by atoms with E-state index < -0.39 is 6.10 Å². The van der Waals surface area contributed by atoms with Gasteiger partial charge in [-0.15, -0.1) is 0 Å². The Hall–Kier alpha value is -2.50. The third-order valence-corrected chi connectivity index (χ3v) is 4.26. The number of nitrogens with one attached hydrogen (secondary N) is 1. The van der Waals surface area contributed by atoms with E-state index >= 15 is 0 Å². The normalized spacial score (nSPS) is 11.8. The second-order valence-corrected chi connectivity index (χ2v) is 6.45. The van der Waals surface area contributed by atoms with Gasteiger partial charge in [0, 0.05) is 16.5 Å². The van der Waals surface area contributed by atoms with Crippen molar-refractivity contribution in [3.05, 3.63) is 58.7 Å². The van der Waals surface area contributed by atoms with E-state index in [-0.39, 0.29) is 5.91 Å². The molecule has 0 aliphatic carbocycles. The van der Waals surface area contributed by atoms with Gasteiger partial charge in [0.2, 0.25) is 0 Å². The van der Waals surface area contributed by atoms with Crippen molar-refractivity contribution in [3.8, 4) is 11.5 Å². The molecule has 3 aromatic rings. The number of benzene rings is 2. The van der Waals surface area contributed by atoms with Gasteiger partial charge in [-0.2, -0.15) is 0 Å². The smallest absolute Gasteiger partial charge is 0.265 e. The number of hydrogen-bond acceptors (Lipinski definition) is 4. The molecule has 1 atom stereocenters. The third kappa shape index (κ3) is 4.18. The number of carbonyl (C=O) groups is 1. The molecule has 1 heterocycles. The zero-order valence-electron chi connectivity index (χ0n) is 14.1. The first-order valence-corrected chi connectivity index (χ1v) is 8.58. The van der Waals surface area contributed by atoms with Crippen molar-refractivity contribution in [2.75, 3.05) is 12.4 Å². The van der Waals surface area contributed by atoms with E-state index in [2.05, 4.69) is 10.3 Å². The zero-order valence-corrected chi connectivity index (χ0v) is 15.6. The first kappa shape index (κ1) is 18.3. The third-order valence-electron chi connectivity index (χ3n) is 3.73. The highest BCUT2D eigenvalue weighted by molar-refractivity contribution is 6.35. The Balaban J connectivity index is 1.71. The molecule has 0 aliphatic rings. The number of carbonyl (C=O) groups excluding carboxylic acids is 1. The molecule has 0 aliphatic heterocycles. The number of amides is 1. The van der Waals surface area contributed by atoms with Crippen LogP contribution in [0.3, 0.4) is 0 Å². The van der Waals surface area contributed by atoms with Crippen molar-refractivity contribution in [2.24, 2.45) is 0 Å². The molecule has 0 fully saturated rings. The van der Waals surface area contributed by atoms with Crippen LogP contribution in [0, 0.1) is 0 Å². The van der Waals surface area contributed by atoms with Crippen molar-refractivity contribution >= 4 is 45.7 Å². The highest BCUT2D eigenvalue weighted by Crippen LogP contribution is 2.28. The van der Waals surface area contributed by atoms with Crippen LogP contribution >= 0.6 is 23.2 Å². The monoisotopic (exact) mass is 390 g/mol. The zero-order chi connectivity index (χ0) is 18.7. The molecule has 5 nitrogen and oxygen atoms in total. The summed E-state index contributed by atoms with van der Waals surface area (Å²) in [6, 6.07) is 12.2. The Labute approximate surface area is 160 Å². The van der Waals surface area contributed by atoms with E-state index in [0.717, 1.165) is 16.7 Å². The van der Waals surface area contributed by atoms with Crippen molar-refractivity contribution in [2.45, 2.75) is 13.0 Å². The van der Waals surface area contributed by atoms with Gasteiger partial charge in [0.05, 0.1) is 29.5 Å². The lowest BCUT2D eigenvalue weighted by molar-refractivity contribution is -0.122. The van der Waals surface area contributed by atoms with Crippen LogP contribution in [0.4, 0.5) is 5.69 Å². The van der Waals surface area contributed by atoms with Gasteiger partial charge < -0.3 is 14.8 Å². The lowest BCUT2D eigenvalue weighted by Gasteiger charge is -2.16. The standard InChI is InChI=1S/C19H16Cl2N2O3/c1-11(26-18-6-4-13(20)8-16(18)21)19(24)23-14-7-12-3-5-15(25-2)9-17(12)22-10-14/h3-11H,1-2H3,(H,23,24). The molecule has 3 rings (SSSR count). The van der Waals surface area contributed by atoms with Crippen molar-refractivity contribution in [1.29, 1.82) is 0 Å². The number of nitrogens with zero attached hydrogens (tertiary/aromatic N) is 1. The molecular weight excluding hydrogens is 375 g/mol. The van der Waals surface area contributed by atoms with Gasteiger partial charge in [0.25, 0.3) is 5.91 Å². The largest absolute Gasteiger partial charge is 0.497 e. The summed E-state index contributed by atoms with van der Waals surface area (Å²) in [4.78, 5) is 16.7. The van der Waals surface area contributed by atoms with E-state index in [1.807, 2.05) is 24.3 Å². The number of anilines is 1. The van der Waals surface area contributed by atoms with Gasteiger partial charge in [-0.3, -0.25) is 9.78 Å². The highest BCUT2D eigenvalue weighted by Gasteiger charge is 2.17. The Kier molecular flexibility index (Phi) is 5.49. The molecule has 1 unspecified atom stereocenters. The molecule has 1 aromatic heterocycles. The Morgan fingerprint density at radius 1 is 1.15 bits per heavy atom. The molecule has 0 saturated carbocycles. The van der Waals surface area contributed by atoms with Gasteiger partial charge in [0.15, 0.2) is 6.10 Å².